The average molecular weight is 172 g/mol. The normalized spacial score (nSPS) is 20.7. The Bertz CT molecular complexity index is 161. The Kier molecular flexibility index (Phi) is 4.55. The maximum absolute atomic E-state index is 10.9. The van der Waals surface area contributed by atoms with E-state index >= 15 is 0 Å². The Balaban J connectivity index is 0.000000354. The summed E-state index contributed by atoms with van der Waals surface area (Å²) in [6.07, 6.45) is 3.95. The lowest BCUT2D eigenvalue weighted by molar-refractivity contribution is -0.123. The van der Waals surface area contributed by atoms with Gasteiger partial charge in [0.05, 0.1) is 0 Å². The van der Waals surface area contributed by atoms with Gasteiger partial charge in [-0.15, -0.1) is 0 Å². The second kappa shape index (κ2) is 4.91. The van der Waals surface area contributed by atoms with Crippen LogP contribution in [0.5, 0.6) is 0 Å². The topological polar surface area (TPSA) is 54.4 Å². The van der Waals surface area contributed by atoms with E-state index in [1.165, 1.54) is 6.42 Å². The van der Waals surface area contributed by atoms with E-state index in [4.69, 9.17) is 9.90 Å². The maximum atomic E-state index is 10.9. The van der Waals surface area contributed by atoms with Gasteiger partial charge >= 0.3 is 0 Å². The fraction of sp³-hybridized carbons (Fsp3) is 0.778. The van der Waals surface area contributed by atoms with Crippen LogP contribution < -0.4 is 0 Å². The van der Waals surface area contributed by atoms with Crippen molar-refractivity contribution in [2.24, 2.45) is 5.41 Å². The zero-order valence-corrected chi connectivity index (χ0v) is 7.67. The van der Waals surface area contributed by atoms with Crippen LogP contribution in [0.4, 0.5) is 0 Å². The lowest BCUT2D eigenvalue weighted by Crippen LogP contribution is -2.21. The molecule has 3 heteroatoms. The summed E-state index contributed by atoms with van der Waals surface area (Å²) in [6, 6.07) is 0. The standard InChI is InChI=1S/C8H14O.CH2O2/c1-8(2)5-3-4-7(9)6-8;2-1-3/h3-6H2,1-2H3;1H,(H,2,3). The summed E-state index contributed by atoms with van der Waals surface area (Å²) >= 11 is 0. The zero-order valence-electron chi connectivity index (χ0n) is 7.67. The molecule has 12 heavy (non-hydrogen) atoms. The number of hydrogen-bond acceptors (Lipinski definition) is 2. The van der Waals surface area contributed by atoms with E-state index in [9.17, 15) is 4.79 Å². The predicted molar refractivity (Wildman–Crippen MR) is 45.9 cm³/mol. The minimum absolute atomic E-state index is 0.250. The van der Waals surface area contributed by atoms with E-state index < -0.39 is 0 Å². The summed E-state index contributed by atoms with van der Waals surface area (Å²) < 4.78 is 0. The monoisotopic (exact) mass is 172 g/mol. The fourth-order valence-corrected chi connectivity index (χ4v) is 1.47. The molecular weight excluding hydrogens is 156 g/mol. The number of ketones is 1. The molecule has 70 valence electrons. The Hall–Kier alpha value is -0.860. The third-order valence-corrected chi connectivity index (χ3v) is 1.98. The first-order valence-electron chi connectivity index (χ1n) is 4.11. The molecule has 0 aliphatic heterocycles. The molecule has 1 saturated carbocycles. The predicted octanol–water partition coefficient (Wildman–Crippen LogP) is 1.86. The Morgan fingerprint density at radius 1 is 1.50 bits per heavy atom. The molecule has 0 saturated heterocycles. The average Bonchev–Trinajstić information content (AvgIpc) is 1.85. The van der Waals surface area contributed by atoms with Gasteiger partial charge in [-0.05, 0) is 18.3 Å². The molecule has 3 nitrogen and oxygen atoms in total. The zero-order chi connectivity index (χ0) is 9.61. The van der Waals surface area contributed by atoms with Gasteiger partial charge in [-0.1, -0.05) is 13.8 Å². The molecule has 0 aromatic carbocycles. The minimum atomic E-state index is -0.250. The second-order valence-corrected chi connectivity index (χ2v) is 3.84. The quantitative estimate of drug-likeness (QED) is 0.567. The van der Waals surface area contributed by atoms with Crippen LogP contribution in [0.25, 0.3) is 0 Å². The highest BCUT2D eigenvalue weighted by Gasteiger charge is 2.25. The molecule has 1 rings (SSSR count). The highest BCUT2D eigenvalue weighted by Crippen LogP contribution is 2.32. The summed E-state index contributed by atoms with van der Waals surface area (Å²) in [5, 5.41) is 6.89. The molecule has 0 amide bonds. The molecule has 1 N–H and O–H groups in total. The fourth-order valence-electron chi connectivity index (χ4n) is 1.47. The van der Waals surface area contributed by atoms with Crippen molar-refractivity contribution in [1.29, 1.82) is 0 Å². The number of carboxylic acid groups (broad SMARTS) is 1. The van der Waals surface area contributed by atoms with Crippen molar-refractivity contribution in [1.82, 2.24) is 0 Å². The van der Waals surface area contributed by atoms with Crippen LogP contribution in [0.3, 0.4) is 0 Å². The first-order valence-corrected chi connectivity index (χ1v) is 4.11. The molecule has 0 bridgehead atoms. The van der Waals surface area contributed by atoms with Crippen molar-refractivity contribution in [2.45, 2.75) is 39.5 Å². The molecule has 0 aromatic heterocycles. The summed E-state index contributed by atoms with van der Waals surface area (Å²) in [4.78, 5) is 19.2. The number of carbonyl (C=O) groups excluding carboxylic acids is 1. The third kappa shape index (κ3) is 4.88. The van der Waals surface area contributed by atoms with Crippen molar-refractivity contribution in [3.63, 3.8) is 0 Å². The SMILES string of the molecule is CC1(C)CCCC(=O)C1.O=CO. The van der Waals surface area contributed by atoms with Crippen LogP contribution >= 0.6 is 0 Å². The van der Waals surface area contributed by atoms with Gasteiger partial charge in [-0.3, -0.25) is 9.59 Å². The van der Waals surface area contributed by atoms with Gasteiger partial charge < -0.3 is 5.11 Å². The number of carbonyl (C=O) groups is 2. The van der Waals surface area contributed by atoms with Crippen LogP contribution in [0, 0.1) is 5.41 Å². The van der Waals surface area contributed by atoms with Gasteiger partial charge in [0.15, 0.2) is 0 Å². The van der Waals surface area contributed by atoms with Gasteiger partial charge in [-0.25, -0.2) is 0 Å². The van der Waals surface area contributed by atoms with Gasteiger partial charge in [0.1, 0.15) is 5.78 Å². The largest absolute Gasteiger partial charge is 0.483 e. The van der Waals surface area contributed by atoms with Crippen LogP contribution in [-0.2, 0) is 9.59 Å². The summed E-state index contributed by atoms with van der Waals surface area (Å²) in [6.45, 7) is 4.09. The van der Waals surface area contributed by atoms with E-state index in [1.54, 1.807) is 0 Å². The molecule has 1 fully saturated rings. The summed E-state index contributed by atoms with van der Waals surface area (Å²) in [5.41, 5.74) is 0.301. The lowest BCUT2D eigenvalue weighted by Gasteiger charge is -2.27. The van der Waals surface area contributed by atoms with Crippen LogP contribution in [0.2, 0.25) is 0 Å². The van der Waals surface area contributed by atoms with Crippen molar-refractivity contribution >= 4 is 12.3 Å². The smallest absolute Gasteiger partial charge is 0.290 e. The van der Waals surface area contributed by atoms with Crippen molar-refractivity contribution in [2.75, 3.05) is 0 Å². The first kappa shape index (κ1) is 11.1. The van der Waals surface area contributed by atoms with Gasteiger partial charge in [-0.2, -0.15) is 0 Å². The number of hydrogen-bond donors (Lipinski definition) is 1. The molecule has 0 spiro atoms. The molecule has 0 aromatic rings. The molecule has 0 heterocycles. The maximum Gasteiger partial charge on any atom is 0.290 e. The van der Waals surface area contributed by atoms with Gasteiger partial charge in [0.25, 0.3) is 6.47 Å². The first-order chi connectivity index (χ1) is 5.52. The van der Waals surface area contributed by atoms with E-state index in [0.29, 0.717) is 11.2 Å². The van der Waals surface area contributed by atoms with E-state index in [1.807, 2.05) is 0 Å². The van der Waals surface area contributed by atoms with Crippen molar-refractivity contribution in [3.8, 4) is 0 Å². The van der Waals surface area contributed by atoms with E-state index in [-0.39, 0.29) is 6.47 Å². The minimum Gasteiger partial charge on any atom is -0.483 e. The third-order valence-electron chi connectivity index (χ3n) is 1.98. The van der Waals surface area contributed by atoms with Crippen molar-refractivity contribution < 1.29 is 14.7 Å². The van der Waals surface area contributed by atoms with Crippen molar-refractivity contribution in [3.05, 3.63) is 0 Å². The van der Waals surface area contributed by atoms with Gasteiger partial charge in [0, 0.05) is 12.8 Å². The Morgan fingerprint density at radius 3 is 2.25 bits per heavy atom. The van der Waals surface area contributed by atoms with E-state index in [0.717, 1.165) is 19.3 Å². The molecule has 0 unspecified atom stereocenters. The summed E-state index contributed by atoms with van der Waals surface area (Å²) in [5.74, 6) is 0.450. The highest BCUT2D eigenvalue weighted by molar-refractivity contribution is 5.79. The molecular formula is C9H16O3. The highest BCUT2D eigenvalue weighted by atomic mass is 16.3. The van der Waals surface area contributed by atoms with Crippen LogP contribution in [-0.4, -0.2) is 17.4 Å². The molecule has 0 radical (unpaired) electrons. The number of rotatable bonds is 0. The Labute approximate surface area is 72.8 Å². The van der Waals surface area contributed by atoms with Crippen LogP contribution in [0.15, 0.2) is 0 Å². The molecule has 1 aliphatic rings. The summed E-state index contributed by atoms with van der Waals surface area (Å²) in [7, 11) is 0. The molecule has 1 aliphatic carbocycles. The molecule has 0 atom stereocenters. The van der Waals surface area contributed by atoms with Crippen LogP contribution in [0.1, 0.15) is 39.5 Å². The number of Topliss-reactive ketones (excluding diaryl/α,β-unsaturated/α-hetero) is 1. The Morgan fingerprint density at radius 2 is 2.00 bits per heavy atom. The second-order valence-electron chi connectivity index (χ2n) is 3.84. The lowest BCUT2D eigenvalue weighted by atomic mass is 9.77. The van der Waals surface area contributed by atoms with Gasteiger partial charge in [0.2, 0.25) is 0 Å². The van der Waals surface area contributed by atoms with E-state index in [2.05, 4.69) is 13.8 Å².